The number of carboxylic acid groups (broad SMARTS) is 1. The molecule has 0 aliphatic heterocycles. The molecule has 1 rings (SSSR count). The van der Waals surface area contributed by atoms with Crippen LogP contribution >= 0.6 is 0 Å². The maximum Gasteiger partial charge on any atom is 0.339 e. The van der Waals surface area contributed by atoms with Gasteiger partial charge in [-0.3, -0.25) is 4.79 Å². The Balaban J connectivity index is 2.72. The fourth-order valence-electron chi connectivity index (χ4n) is 2.01. The molecular weight excluding hydrogens is 270 g/mol. The van der Waals surface area contributed by atoms with E-state index in [1.807, 2.05) is 20.8 Å². The van der Waals surface area contributed by atoms with E-state index in [1.165, 1.54) is 0 Å². The Labute approximate surface area is 125 Å². The third-order valence-electron chi connectivity index (χ3n) is 2.72. The summed E-state index contributed by atoms with van der Waals surface area (Å²) in [4.78, 5) is 27.2. The van der Waals surface area contributed by atoms with Crippen molar-refractivity contribution in [2.75, 3.05) is 11.9 Å². The van der Waals surface area contributed by atoms with Crippen molar-refractivity contribution >= 4 is 17.7 Å². The van der Waals surface area contributed by atoms with Gasteiger partial charge in [0, 0.05) is 24.2 Å². The highest BCUT2D eigenvalue weighted by Crippen LogP contribution is 2.18. The van der Waals surface area contributed by atoms with Crippen LogP contribution in [-0.2, 0) is 4.79 Å². The number of hydrogen-bond acceptors (Lipinski definition) is 4. The van der Waals surface area contributed by atoms with E-state index in [1.54, 1.807) is 19.9 Å². The zero-order valence-electron chi connectivity index (χ0n) is 13.2. The number of pyridine rings is 1. The van der Waals surface area contributed by atoms with Gasteiger partial charge in [-0.1, -0.05) is 0 Å². The fraction of sp³-hybridized carbons (Fsp3) is 0.533. The van der Waals surface area contributed by atoms with Gasteiger partial charge in [0.05, 0.1) is 0 Å². The van der Waals surface area contributed by atoms with Crippen molar-refractivity contribution in [3.8, 4) is 0 Å². The van der Waals surface area contributed by atoms with Crippen molar-refractivity contribution in [2.24, 2.45) is 0 Å². The van der Waals surface area contributed by atoms with Crippen molar-refractivity contribution in [1.29, 1.82) is 0 Å². The first-order valence-corrected chi connectivity index (χ1v) is 6.86. The topological polar surface area (TPSA) is 91.3 Å². The van der Waals surface area contributed by atoms with E-state index in [9.17, 15) is 14.7 Å². The van der Waals surface area contributed by atoms with Gasteiger partial charge in [0.1, 0.15) is 11.4 Å². The Morgan fingerprint density at radius 3 is 2.43 bits per heavy atom. The second kappa shape index (κ2) is 6.56. The predicted molar refractivity (Wildman–Crippen MR) is 81.7 cm³/mol. The van der Waals surface area contributed by atoms with Gasteiger partial charge < -0.3 is 15.7 Å². The molecule has 0 saturated carbocycles. The summed E-state index contributed by atoms with van der Waals surface area (Å²) in [5.74, 6) is -0.804. The lowest BCUT2D eigenvalue weighted by Gasteiger charge is -2.20. The van der Waals surface area contributed by atoms with Crippen LogP contribution in [0.2, 0.25) is 0 Å². The molecule has 1 aromatic rings. The SMILES string of the molecule is Cc1cc(C)c(C(=O)O)c(NCCC(=O)NC(C)(C)C)n1. The van der Waals surface area contributed by atoms with Gasteiger partial charge in [0.15, 0.2) is 0 Å². The highest BCUT2D eigenvalue weighted by molar-refractivity contribution is 5.94. The summed E-state index contributed by atoms with van der Waals surface area (Å²) in [5, 5.41) is 15.0. The monoisotopic (exact) mass is 293 g/mol. The molecule has 0 fully saturated rings. The number of anilines is 1. The smallest absolute Gasteiger partial charge is 0.339 e. The number of amides is 1. The van der Waals surface area contributed by atoms with Crippen LogP contribution < -0.4 is 10.6 Å². The Hall–Kier alpha value is -2.11. The van der Waals surface area contributed by atoms with E-state index in [4.69, 9.17) is 0 Å². The second-order valence-electron chi connectivity index (χ2n) is 6.08. The lowest BCUT2D eigenvalue weighted by atomic mass is 10.1. The number of carboxylic acids is 1. The summed E-state index contributed by atoms with van der Waals surface area (Å²) in [7, 11) is 0. The average Bonchev–Trinajstić information content (AvgIpc) is 2.24. The number of nitrogens with zero attached hydrogens (tertiary/aromatic N) is 1. The van der Waals surface area contributed by atoms with Gasteiger partial charge in [0.25, 0.3) is 0 Å². The molecular formula is C15H23N3O3. The third kappa shape index (κ3) is 5.41. The molecule has 116 valence electrons. The van der Waals surface area contributed by atoms with Crippen molar-refractivity contribution in [3.63, 3.8) is 0 Å². The molecule has 0 radical (unpaired) electrons. The highest BCUT2D eigenvalue weighted by atomic mass is 16.4. The number of hydrogen-bond donors (Lipinski definition) is 3. The number of aromatic nitrogens is 1. The molecule has 0 unspecified atom stereocenters. The van der Waals surface area contributed by atoms with E-state index in [0.717, 1.165) is 5.69 Å². The lowest BCUT2D eigenvalue weighted by molar-refractivity contribution is -0.122. The van der Waals surface area contributed by atoms with E-state index in [2.05, 4.69) is 15.6 Å². The number of carbonyl (C=O) groups excluding carboxylic acids is 1. The molecule has 3 N–H and O–H groups in total. The van der Waals surface area contributed by atoms with Gasteiger partial charge in [0.2, 0.25) is 5.91 Å². The van der Waals surface area contributed by atoms with Crippen LogP contribution in [-0.4, -0.2) is 34.1 Å². The molecule has 0 aromatic carbocycles. The first kappa shape index (κ1) is 16.9. The number of carbonyl (C=O) groups is 2. The molecule has 6 nitrogen and oxygen atoms in total. The third-order valence-corrected chi connectivity index (χ3v) is 2.72. The molecule has 0 saturated heterocycles. The Morgan fingerprint density at radius 2 is 1.90 bits per heavy atom. The summed E-state index contributed by atoms with van der Waals surface area (Å²) in [6.07, 6.45) is 0.255. The highest BCUT2D eigenvalue weighted by Gasteiger charge is 2.17. The minimum atomic E-state index is -1.03. The first-order chi connectivity index (χ1) is 9.60. The van der Waals surface area contributed by atoms with E-state index in [0.29, 0.717) is 17.9 Å². The van der Waals surface area contributed by atoms with E-state index >= 15 is 0 Å². The number of nitrogens with one attached hydrogen (secondary N) is 2. The van der Waals surface area contributed by atoms with Gasteiger partial charge in [-0.25, -0.2) is 9.78 Å². The van der Waals surface area contributed by atoms with Crippen LogP contribution in [0, 0.1) is 13.8 Å². The second-order valence-corrected chi connectivity index (χ2v) is 6.08. The minimum absolute atomic E-state index is 0.0868. The van der Waals surface area contributed by atoms with Crippen LogP contribution in [0.3, 0.4) is 0 Å². The summed E-state index contributed by atoms with van der Waals surface area (Å²) in [6.45, 7) is 9.59. The molecule has 6 heteroatoms. The number of aryl methyl sites for hydroxylation is 2. The van der Waals surface area contributed by atoms with Gasteiger partial charge in [-0.15, -0.1) is 0 Å². The summed E-state index contributed by atoms with van der Waals surface area (Å²) < 4.78 is 0. The first-order valence-electron chi connectivity index (χ1n) is 6.86. The van der Waals surface area contributed by atoms with Crippen molar-refractivity contribution in [2.45, 2.75) is 46.6 Å². The normalized spacial score (nSPS) is 11.1. The number of aromatic carboxylic acids is 1. The Bertz CT molecular complexity index is 548. The quantitative estimate of drug-likeness (QED) is 0.773. The van der Waals surface area contributed by atoms with Crippen LogP contribution in [0.25, 0.3) is 0 Å². The maximum atomic E-state index is 11.7. The fourth-order valence-corrected chi connectivity index (χ4v) is 2.01. The van der Waals surface area contributed by atoms with Gasteiger partial charge in [-0.05, 0) is 46.2 Å². The number of rotatable bonds is 5. The molecule has 21 heavy (non-hydrogen) atoms. The average molecular weight is 293 g/mol. The molecule has 0 aliphatic rings. The Morgan fingerprint density at radius 1 is 1.29 bits per heavy atom. The molecule has 1 amide bonds. The van der Waals surface area contributed by atoms with Gasteiger partial charge in [-0.2, -0.15) is 0 Å². The lowest BCUT2D eigenvalue weighted by Crippen LogP contribution is -2.41. The van der Waals surface area contributed by atoms with Crippen molar-refractivity contribution in [1.82, 2.24) is 10.3 Å². The van der Waals surface area contributed by atoms with Crippen LogP contribution in [0.5, 0.6) is 0 Å². The minimum Gasteiger partial charge on any atom is -0.478 e. The van der Waals surface area contributed by atoms with E-state index in [-0.39, 0.29) is 23.4 Å². The van der Waals surface area contributed by atoms with Crippen LogP contribution in [0.4, 0.5) is 5.82 Å². The maximum absolute atomic E-state index is 11.7. The molecule has 1 heterocycles. The molecule has 0 spiro atoms. The zero-order valence-corrected chi connectivity index (χ0v) is 13.2. The zero-order chi connectivity index (χ0) is 16.2. The van der Waals surface area contributed by atoms with Crippen LogP contribution in [0.1, 0.15) is 48.8 Å². The largest absolute Gasteiger partial charge is 0.478 e. The molecule has 1 aromatic heterocycles. The Kier molecular flexibility index (Phi) is 5.29. The predicted octanol–water partition coefficient (Wildman–Crippen LogP) is 2.11. The van der Waals surface area contributed by atoms with E-state index < -0.39 is 5.97 Å². The van der Waals surface area contributed by atoms with Crippen molar-refractivity contribution < 1.29 is 14.7 Å². The standard InChI is InChI=1S/C15H23N3O3/c1-9-8-10(2)17-13(12(9)14(20)21)16-7-6-11(19)18-15(3,4)5/h8H,6-7H2,1-5H3,(H,16,17)(H,18,19)(H,20,21). The summed E-state index contributed by atoms with van der Waals surface area (Å²) in [5.41, 5.74) is 1.26. The molecule has 0 bridgehead atoms. The molecule has 0 aliphatic carbocycles. The summed E-state index contributed by atoms with van der Waals surface area (Å²) >= 11 is 0. The molecule has 0 atom stereocenters. The van der Waals surface area contributed by atoms with Crippen LogP contribution in [0.15, 0.2) is 6.07 Å². The summed E-state index contributed by atoms with van der Waals surface area (Å²) in [6, 6.07) is 1.72. The van der Waals surface area contributed by atoms with Crippen molar-refractivity contribution in [3.05, 3.63) is 22.9 Å². The van der Waals surface area contributed by atoms with Gasteiger partial charge >= 0.3 is 5.97 Å².